The molecule has 1 amide bonds. The third kappa shape index (κ3) is 2.24. The van der Waals surface area contributed by atoms with E-state index in [4.69, 9.17) is 0 Å². The molecule has 0 bridgehead atoms. The maximum Gasteiger partial charge on any atom is 0.244 e. The second-order valence-electron chi connectivity index (χ2n) is 7.12. The van der Waals surface area contributed by atoms with Crippen molar-refractivity contribution in [2.45, 2.75) is 57.2 Å². The van der Waals surface area contributed by atoms with Gasteiger partial charge in [0.1, 0.15) is 11.7 Å². The van der Waals surface area contributed by atoms with E-state index in [1.54, 1.807) is 0 Å². The van der Waals surface area contributed by atoms with Gasteiger partial charge in [-0.3, -0.25) is 10.1 Å². The molecular formula is C18H25N5O. The number of para-hydroxylation sites is 1. The van der Waals surface area contributed by atoms with Crippen LogP contribution in [0.3, 0.4) is 0 Å². The molecule has 6 heteroatoms. The number of benzene rings is 1. The van der Waals surface area contributed by atoms with Gasteiger partial charge < -0.3 is 4.90 Å². The number of carbonyl (C=O) groups excluding carboxylic acids is 1. The first-order valence-electron chi connectivity index (χ1n) is 9.03. The molecule has 1 saturated heterocycles. The third-order valence-electron chi connectivity index (χ3n) is 5.52. The SMILES string of the molecule is CCCN1C(=O)C2(CCCCC2)NC1c1cccc2nnn(C)c12. The lowest BCUT2D eigenvalue weighted by Crippen LogP contribution is -2.48. The minimum atomic E-state index is -0.369. The Hall–Kier alpha value is -1.95. The number of nitrogens with zero attached hydrogens (tertiary/aromatic N) is 4. The quantitative estimate of drug-likeness (QED) is 0.941. The van der Waals surface area contributed by atoms with Crippen molar-refractivity contribution in [3.63, 3.8) is 0 Å². The minimum Gasteiger partial charge on any atom is -0.321 e. The summed E-state index contributed by atoms with van der Waals surface area (Å²) < 4.78 is 1.81. The fourth-order valence-corrected chi connectivity index (χ4v) is 4.39. The number of carbonyl (C=O) groups is 1. The van der Waals surface area contributed by atoms with Crippen molar-refractivity contribution < 1.29 is 4.79 Å². The zero-order valence-electron chi connectivity index (χ0n) is 14.5. The molecule has 0 radical (unpaired) electrons. The van der Waals surface area contributed by atoms with Gasteiger partial charge in [0.25, 0.3) is 0 Å². The van der Waals surface area contributed by atoms with Crippen molar-refractivity contribution in [2.24, 2.45) is 7.05 Å². The predicted octanol–water partition coefficient (Wildman–Crippen LogP) is 2.51. The lowest BCUT2D eigenvalue weighted by Gasteiger charge is -2.31. The predicted molar refractivity (Wildman–Crippen MR) is 92.2 cm³/mol. The van der Waals surface area contributed by atoms with Crippen molar-refractivity contribution in [2.75, 3.05) is 6.54 Å². The first-order chi connectivity index (χ1) is 11.7. The van der Waals surface area contributed by atoms with E-state index in [9.17, 15) is 4.79 Å². The van der Waals surface area contributed by atoms with Gasteiger partial charge in [0, 0.05) is 19.2 Å². The van der Waals surface area contributed by atoms with Crippen LogP contribution in [0.4, 0.5) is 0 Å². The lowest BCUT2D eigenvalue weighted by molar-refractivity contribution is -0.134. The van der Waals surface area contributed by atoms with Gasteiger partial charge in [-0.05, 0) is 25.3 Å². The van der Waals surface area contributed by atoms with E-state index in [-0.39, 0.29) is 17.6 Å². The van der Waals surface area contributed by atoms with E-state index >= 15 is 0 Å². The Kier molecular flexibility index (Phi) is 3.79. The van der Waals surface area contributed by atoms with Gasteiger partial charge in [-0.1, -0.05) is 43.5 Å². The van der Waals surface area contributed by atoms with Crippen molar-refractivity contribution in [3.05, 3.63) is 23.8 Å². The highest BCUT2D eigenvalue weighted by Gasteiger charge is 2.51. The lowest BCUT2D eigenvalue weighted by atomic mass is 9.81. The van der Waals surface area contributed by atoms with Crippen molar-refractivity contribution in [1.29, 1.82) is 0 Å². The van der Waals surface area contributed by atoms with Crippen LogP contribution in [-0.2, 0) is 11.8 Å². The molecule has 1 aromatic carbocycles. The number of rotatable bonds is 3. The third-order valence-corrected chi connectivity index (χ3v) is 5.52. The summed E-state index contributed by atoms with van der Waals surface area (Å²) in [6, 6.07) is 6.08. The Labute approximate surface area is 142 Å². The molecule has 2 fully saturated rings. The van der Waals surface area contributed by atoms with Crippen LogP contribution in [0, 0.1) is 0 Å². The summed E-state index contributed by atoms with van der Waals surface area (Å²) in [5.41, 5.74) is 2.62. The number of aryl methyl sites for hydroxylation is 1. The summed E-state index contributed by atoms with van der Waals surface area (Å²) in [5, 5.41) is 12.1. The molecule has 1 aromatic heterocycles. The van der Waals surface area contributed by atoms with E-state index in [0.717, 1.165) is 55.2 Å². The molecule has 2 heterocycles. The number of amides is 1. The van der Waals surface area contributed by atoms with Gasteiger partial charge >= 0.3 is 0 Å². The smallest absolute Gasteiger partial charge is 0.244 e. The van der Waals surface area contributed by atoms with Crippen LogP contribution in [0.2, 0.25) is 0 Å². The van der Waals surface area contributed by atoms with Gasteiger partial charge in [-0.15, -0.1) is 5.10 Å². The zero-order valence-corrected chi connectivity index (χ0v) is 14.5. The van der Waals surface area contributed by atoms with Crippen LogP contribution in [0.25, 0.3) is 11.0 Å². The zero-order chi connectivity index (χ0) is 16.7. The van der Waals surface area contributed by atoms with Gasteiger partial charge in [-0.25, -0.2) is 4.68 Å². The molecule has 1 aliphatic carbocycles. The molecule has 128 valence electrons. The highest BCUT2D eigenvalue weighted by Crippen LogP contribution is 2.40. The Morgan fingerprint density at radius 3 is 2.83 bits per heavy atom. The molecule has 1 spiro atoms. The molecule has 2 aliphatic rings. The summed E-state index contributed by atoms with van der Waals surface area (Å²) in [4.78, 5) is 15.3. The van der Waals surface area contributed by atoms with E-state index < -0.39 is 0 Å². The van der Waals surface area contributed by atoms with Crippen molar-refractivity contribution >= 4 is 16.9 Å². The van der Waals surface area contributed by atoms with Gasteiger partial charge in [-0.2, -0.15) is 0 Å². The molecule has 1 aliphatic heterocycles. The maximum atomic E-state index is 13.2. The second kappa shape index (κ2) is 5.84. The standard InChI is InChI=1S/C18H25N5O/c1-3-12-23-16(19-18(17(23)24)10-5-4-6-11-18)13-8-7-9-14-15(13)22(2)21-20-14/h7-9,16,19H,3-6,10-12H2,1-2H3. The average molecular weight is 327 g/mol. The normalized spacial score (nSPS) is 23.5. The summed E-state index contributed by atoms with van der Waals surface area (Å²) in [7, 11) is 1.91. The number of hydrogen-bond acceptors (Lipinski definition) is 4. The van der Waals surface area contributed by atoms with Crippen molar-refractivity contribution in [1.82, 2.24) is 25.2 Å². The highest BCUT2D eigenvalue weighted by atomic mass is 16.2. The summed E-state index contributed by atoms with van der Waals surface area (Å²) in [6.45, 7) is 2.91. The van der Waals surface area contributed by atoms with Crippen LogP contribution >= 0.6 is 0 Å². The van der Waals surface area contributed by atoms with Crippen LogP contribution in [-0.4, -0.2) is 37.9 Å². The molecule has 6 nitrogen and oxygen atoms in total. The first kappa shape index (κ1) is 15.6. The molecule has 1 saturated carbocycles. The molecule has 1 N–H and O–H groups in total. The molecule has 1 atom stereocenters. The molecule has 2 aromatic rings. The maximum absolute atomic E-state index is 13.2. The Morgan fingerprint density at radius 1 is 1.29 bits per heavy atom. The van der Waals surface area contributed by atoms with Gasteiger partial charge in [0.2, 0.25) is 5.91 Å². The summed E-state index contributed by atoms with van der Waals surface area (Å²) >= 11 is 0. The second-order valence-corrected chi connectivity index (χ2v) is 7.12. The van der Waals surface area contributed by atoms with E-state index in [1.807, 2.05) is 28.8 Å². The van der Waals surface area contributed by atoms with E-state index in [0.29, 0.717) is 0 Å². The molecule has 1 unspecified atom stereocenters. The van der Waals surface area contributed by atoms with Crippen LogP contribution in [0.5, 0.6) is 0 Å². The number of fused-ring (bicyclic) bond motifs is 1. The van der Waals surface area contributed by atoms with Gasteiger partial charge in [0.05, 0.1) is 11.1 Å². The van der Waals surface area contributed by atoms with Gasteiger partial charge in [0.15, 0.2) is 0 Å². The Morgan fingerprint density at radius 2 is 2.08 bits per heavy atom. The average Bonchev–Trinajstić information content (AvgIpc) is 3.10. The number of hydrogen-bond donors (Lipinski definition) is 1. The highest BCUT2D eigenvalue weighted by molar-refractivity contribution is 5.90. The van der Waals surface area contributed by atoms with E-state index in [1.165, 1.54) is 6.42 Å². The number of nitrogens with one attached hydrogen (secondary N) is 1. The molecular weight excluding hydrogens is 302 g/mol. The van der Waals surface area contributed by atoms with Crippen LogP contribution < -0.4 is 5.32 Å². The molecule has 4 rings (SSSR count). The number of aromatic nitrogens is 3. The van der Waals surface area contributed by atoms with Crippen LogP contribution in [0.15, 0.2) is 18.2 Å². The topological polar surface area (TPSA) is 63.1 Å². The first-order valence-corrected chi connectivity index (χ1v) is 9.03. The summed E-state index contributed by atoms with van der Waals surface area (Å²) in [6.07, 6.45) is 6.25. The Balaban J connectivity index is 1.80. The molecule has 24 heavy (non-hydrogen) atoms. The minimum absolute atomic E-state index is 0.0866. The van der Waals surface area contributed by atoms with Crippen molar-refractivity contribution in [3.8, 4) is 0 Å². The van der Waals surface area contributed by atoms with Crippen LogP contribution in [0.1, 0.15) is 57.2 Å². The van der Waals surface area contributed by atoms with E-state index in [2.05, 4.69) is 28.6 Å². The summed E-state index contributed by atoms with van der Waals surface area (Å²) in [5.74, 6) is 0.279. The largest absolute Gasteiger partial charge is 0.321 e. The monoisotopic (exact) mass is 327 g/mol. The fourth-order valence-electron chi connectivity index (χ4n) is 4.39. The fraction of sp³-hybridized carbons (Fsp3) is 0.611. The Bertz CT molecular complexity index is 762.